The number of hydrogen-bond donors (Lipinski definition) is 1. The molecule has 0 aliphatic heterocycles. The molecule has 0 aliphatic carbocycles. The van der Waals surface area contributed by atoms with Crippen LogP contribution in [0, 0.1) is 0 Å². The van der Waals surface area contributed by atoms with E-state index < -0.39 is 5.97 Å². The number of carbonyl (C=O) groups is 1. The number of aromatic carboxylic acids is 1. The van der Waals surface area contributed by atoms with Crippen LogP contribution in [-0.2, 0) is 0 Å². The average molecular weight is 279 g/mol. The first-order valence-corrected chi connectivity index (χ1v) is 7.38. The molecule has 19 heavy (non-hydrogen) atoms. The molecule has 0 fully saturated rings. The molecular formula is C15H21NO2S. The summed E-state index contributed by atoms with van der Waals surface area (Å²) in [5, 5.41) is 9.51. The Labute approximate surface area is 119 Å². The van der Waals surface area contributed by atoms with Crippen LogP contribution in [0.15, 0.2) is 35.7 Å². The van der Waals surface area contributed by atoms with Crippen LogP contribution < -0.4 is 4.90 Å². The zero-order valence-electron chi connectivity index (χ0n) is 11.7. The fourth-order valence-electron chi connectivity index (χ4n) is 1.98. The minimum absolute atomic E-state index is 0.220. The molecule has 0 saturated heterocycles. The van der Waals surface area contributed by atoms with Gasteiger partial charge < -0.3 is 10.0 Å². The quantitative estimate of drug-likeness (QED) is 0.607. The van der Waals surface area contributed by atoms with Crippen LogP contribution in [0.3, 0.4) is 0 Å². The van der Waals surface area contributed by atoms with Gasteiger partial charge in [-0.3, -0.25) is 0 Å². The summed E-state index contributed by atoms with van der Waals surface area (Å²) in [6, 6.07) is 5.87. The highest BCUT2D eigenvalue weighted by atomic mass is 32.2. The predicted molar refractivity (Wildman–Crippen MR) is 82.5 cm³/mol. The monoisotopic (exact) mass is 279 g/mol. The molecular weight excluding hydrogens is 258 g/mol. The summed E-state index contributed by atoms with van der Waals surface area (Å²) >= 11 is 1.56. The molecule has 0 bridgehead atoms. The maximum atomic E-state index is 11.6. The smallest absolute Gasteiger partial charge is 0.338 e. The summed E-state index contributed by atoms with van der Waals surface area (Å²) in [4.78, 5) is 14.5. The second-order valence-corrected chi connectivity index (χ2v) is 5.73. The molecule has 1 rings (SSSR count). The van der Waals surface area contributed by atoms with Gasteiger partial charge in [0.05, 0.1) is 11.3 Å². The van der Waals surface area contributed by atoms with Crippen LogP contribution in [0.5, 0.6) is 0 Å². The summed E-state index contributed by atoms with van der Waals surface area (Å²) in [5.74, 6) is -0.0198. The number of rotatable bonds is 7. The van der Waals surface area contributed by atoms with Crippen molar-refractivity contribution >= 4 is 23.4 Å². The summed E-state index contributed by atoms with van der Waals surface area (Å²) in [7, 11) is 0. The third-order valence-corrected chi connectivity index (χ3v) is 3.72. The molecule has 0 aliphatic rings. The second kappa shape index (κ2) is 7.24. The van der Waals surface area contributed by atoms with E-state index in [1.165, 1.54) is 0 Å². The van der Waals surface area contributed by atoms with Crippen molar-refractivity contribution in [1.29, 1.82) is 0 Å². The van der Waals surface area contributed by atoms with Crippen molar-refractivity contribution < 1.29 is 9.90 Å². The van der Waals surface area contributed by atoms with E-state index in [9.17, 15) is 9.90 Å². The van der Waals surface area contributed by atoms with E-state index in [1.54, 1.807) is 17.8 Å². The Balaban J connectivity index is 3.35. The van der Waals surface area contributed by atoms with E-state index in [4.69, 9.17) is 0 Å². The van der Waals surface area contributed by atoms with Gasteiger partial charge in [-0.1, -0.05) is 19.1 Å². The van der Waals surface area contributed by atoms with Gasteiger partial charge >= 0.3 is 5.97 Å². The lowest BCUT2D eigenvalue weighted by atomic mass is 10.1. The SMILES string of the molecule is C=CCN(c1cccc(SCC)c1C(=O)O)C(C)C. The van der Waals surface area contributed by atoms with Crippen molar-refractivity contribution in [2.45, 2.75) is 31.7 Å². The van der Waals surface area contributed by atoms with E-state index in [-0.39, 0.29) is 6.04 Å². The number of carboxylic acid groups (broad SMARTS) is 1. The Morgan fingerprint density at radius 3 is 2.68 bits per heavy atom. The molecule has 1 aromatic rings. The van der Waals surface area contributed by atoms with Crippen LogP contribution in [-0.4, -0.2) is 29.4 Å². The molecule has 1 aromatic carbocycles. The minimum atomic E-state index is -0.874. The third kappa shape index (κ3) is 3.77. The number of hydrogen-bond acceptors (Lipinski definition) is 3. The van der Waals surface area contributed by atoms with Crippen LogP contribution in [0.1, 0.15) is 31.1 Å². The number of carboxylic acids is 1. The first kappa shape index (κ1) is 15.6. The summed E-state index contributed by atoms with van der Waals surface area (Å²) in [6.07, 6.45) is 1.80. The van der Waals surface area contributed by atoms with E-state index in [2.05, 4.69) is 25.3 Å². The molecule has 104 valence electrons. The minimum Gasteiger partial charge on any atom is -0.478 e. The zero-order valence-corrected chi connectivity index (χ0v) is 12.5. The highest BCUT2D eigenvalue weighted by Crippen LogP contribution is 2.31. The Morgan fingerprint density at radius 2 is 2.21 bits per heavy atom. The van der Waals surface area contributed by atoms with Gasteiger partial charge in [-0.05, 0) is 31.7 Å². The summed E-state index contributed by atoms with van der Waals surface area (Å²) < 4.78 is 0. The van der Waals surface area contributed by atoms with Gasteiger partial charge in [-0.25, -0.2) is 4.79 Å². The topological polar surface area (TPSA) is 40.5 Å². The first-order chi connectivity index (χ1) is 9.02. The van der Waals surface area contributed by atoms with E-state index in [0.717, 1.165) is 16.3 Å². The predicted octanol–water partition coefficient (Wildman–Crippen LogP) is 3.90. The summed E-state index contributed by atoms with van der Waals surface area (Å²) in [6.45, 7) is 10.5. The Morgan fingerprint density at radius 1 is 1.53 bits per heavy atom. The molecule has 1 N–H and O–H groups in total. The second-order valence-electron chi connectivity index (χ2n) is 4.42. The van der Waals surface area contributed by atoms with Crippen molar-refractivity contribution in [2.75, 3.05) is 17.2 Å². The normalized spacial score (nSPS) is 10.5. The maximum Gasteiger partial charge on any atom is 0.338 e. The highest BCUT2D eigenvalue weighted by molar-refractivity contribution is 7.99. The van der Waals surface area contributed by atoms with Gasteiger partial charge in [0.25, 0.3) is 0 Å². The molecule has 0 radical (unpaired) electrons. The van der Waals surface area contributed by atoms with E-state index >= 15 is 0 Å². The van der Waals surface area contributed by atoms with Crippen molar-refractivity contribution in [1.82, 2.24) is 0 Å². The molecule has 0 atom stereocenters. The van der Waals surface area contributed by atoms with Gasteiger partial charge in [0, 0.05) is 17.5 Å². The lowest BCUT2D eigenvalue weighted by Crippen LogP contribution is -2.32. The van der Waals surface area contributed by atoms with Crippen LogP contribution >= 0.6 is 11.8 Å². The largest absolute Gasteiger partial charge is 0.478 e. The Kier molecular flexibility index (Phi) is 5.96. The number of thioether (sulfide) groups is 1. The summed E-state index contributed by atoms with van der Waals surface area (Å²) in [5.41, 5.74) is 1.16. The first-order valence-electron chi connectivity index (χ1n) is 6.39. The van der Waals surface area contributed by atoms with Crippen LogP contribution in [0.25, 0.3) is 0 Å². The van der Waals surface area contributed by atoms with Crippen molar-refractivity contribution in [2.24, 2.45) is 0 Å². The van der Waals surface area contributed by atoms with E-state index in [1.807, 2.05) is 25.1 Å². The van der Waals surface area contributed by atoms with Gasteiger partial charge in [0.2, 0.25) is 0 Å². The molecule has 3 nitrogen and oxygen atoms in total. The van der Waals surface area contributed by atoms with Gasteiger partial charge in [0.15, 0.2) is 0 Å². The fraction of sp³-hybridized carbons (Fsp3) is 0.400. The number of benzene rings is 1. The number of nitrogens with zero attached hydrogens (tertiary/aromatic N) is 1. The highest BCUT2D eigenvalue weighted by Gasteiger charge is 2.20. The molecule has 0 heterocycles. The third-order valence-electron chi connectivity index (χ3n) is 2.78. The molecule has 0 amide bonds. The van der Waals surface area contributed by atoms with Crippen LogP contribution in [0.2, 0.25) is 0 Å². The molecule has 0 spiro atoms. The number of anilines is 1. The standard InChI is InChI=1S/C15H21NO2S/c1-5-10-16(11(3)4)12-8-7-9-13(19-6-2)14(12)15(17)18/h5,7-9,11H,1,6,10H2,2-4H3,(H,17,18). The average Bonchev–Trinajstić information content (AvgIpc) is 2.35. The van der Waals surface area contributed by atoms with E-state index in [0.29, 0.717) is 12.1 Å². The molecule has 0 aromatic heterocycles. The van der Waals surface area contributed by atoms with Crippen molar-refractivity contribution in [3.05, 3.63) is 36.4 Å². The Bertz CT molecular complexity index is 457. The van der Waals surface area contributed by atoms with Crippen molar-refractivity contribution in [3.63, 3.8) is 0 Å². The lowest BCUT2D eigenvalue weighted by molar-refractivity contribution is 0.0694. The molecule has 0 saturated carbocycles. The van der Waals surface area contributed by atoms with Gasteiger partial charge in [0.1, 0.15) is 0 Å². The molecule has 4 heteroatoms. The lowest BCUT2D eigenvalue weighted by Gasteiger charge is -2.29. The maximum absolute atomic E-state index is 11.6. The molecule has 0 unspecified atom stereocenters. The van der Waals surface area contributed by atoms with Crippen molar-refractivity contribution in [3.8, 4) is 0 Å². The Hall–Kier alpha value is -1.42. The fourth-order valence-corrected chi connectivity index (χ4v) is 2.80. The van der Waals surface area contributed by atoms with Gasteiger partial charge in [-0.15, -0.1) is 18.3 Å². The van der Waals surface area contributed by atoms with Crippen LogP contribution in [0.4, 0.5) is 5.69 Å². The van der Waals surface area contributed by atoms with Gasteiger partial charge in [-0.2, -0.15) is 0 Å². The zero-order chi connectivity index (χ0) is 14.4.